The van der Waals surface area contributed by atoms with Gasteiger partial charge in [-0.05, 0) is 12.5 Å². The van der Waals surface area contributed by atoms with Crippen molar-refractivity contribution in [1.82, 2.24) is 14.9 Å². The molecule has 108 valence electrons. The van der Waals surface area contributed by atoms with Crippen LogP contribution in [0.4, 0.5) is 0 Å². The molecule has 0 saturated carbocycles. The zero-order valence-electron chi connectivity index (χ0n) is 11.3. The lowest BCUT2D eigenvalue weighted by molar-refractivity contribution is -0.146. The van der Waals surface area contributed by atoms with Crippen molar-refractivity contribution < 1.29 is 14.7 Å². The van der Waals surface area contributed by atoms with E-state index in [0.29, 0.717) is 17.8 Å². The standard InChI is InChI=1S/C13H17N3O3S/c1-2-3-4-5-12(18)19-16-10(9-17)8-11(15-16)13-14-6-7-20-13/h6-8,17H,2-5,9H2,1H3. The van der Waals surface area contributed by atoms with E-state index in [1.807, 2.05) is 5.38 Å². The van der Waals surface area contributed by atoms with Gasteiger partial charge in [-0.25, -0.2) is 9.78 Å². The van der Waals surface area contributed by atoms with Gasteiger partial charge in [0, 0.05) is 18.0 Å². The average Bonchev–Trinajstić information content (AvgIpc) is 3.07. The Morgan fingerprint density at radius 1 is 1.50 bits per heavy atom. The van der Waals surface area contributed by atoms with Crippen molar-refractivity contribution in [1.29, 1.82) is 0 Å². The van der Waals surface area contributed by atoms with Crippen molar-refractivity contribution >= 4 is 17.3 Å². The minimum atomic E-state index is -0.345. The molecule has 0 atom stereocenters. The van der Waals surface area contributed by atoms with Gasteiger partial charge in [0.05, 0.1) is 6.61 Å². The van der Waals surface area contributed by atoms with Crippen molar-refractivity contribution in [2.45, 2.75) is 39.2 Å². The maximum atomic E-state index is 11.7. The second kappa shape index (κ2) is 7.16. The van der Waals surface area contributed by atoms with Crippen molar-refractivity contribution in [3.63, 3.8) is 0 Å². The molecule has 2 rings (SSSR count). The number of aromatic nitrogens is 3. The molecule has 0 spiro atoms. The predicted molar refractivity (Wildman–Crippen MR) is 75.0 cm³/mol. The van der Waals surface area contributed by atoms with E-state index >= 15 is 0 Å². The molecule has 0 aliphatic rings. The van der Waals surface area contributed by atoms with Gasteiger partial charge in [-0.1, -0.05) is 24.6 Å². The summed E-state index contributed by atoms with van der Waals surface area (Å²) < 4.78 is 0. The molecule has 6 nitrogen and oxygen atoms in total. The summed E-state index contributed by atoms with van der Waals surface area (Å²) >= 11 is 1.44. The predicted octanol–water partition coefficient (Wildman–Crippen LogP) is 2.03. The highest BCUT2D eigenvalue weighted by atomic mass is 32.1. The fourth-order valence-corrected chi connectivity index (χ4v) is 2.30. The molecule has 0 saturated heterocycles. The number of aliphatic hydroxyl groups is 1. The van der Waals surface area contributed by atoms with Gasteiger partial charge in [0.1, 0.15) is 16.4 Å². The number of carbonyl (C=O) groups excluding carboxylic acids is 1. The van der Waals surface area contributed by atoms with Gasteiger partial charge in [0.25, 0.3) is 0 Å². The fraction of sp³-hybridized carbons (Fsp3) is 0.462. The van der Waals surface area contributed by atoms with Crippen LogP contribution in [0.15, 0.2) is 17.6 Å². The monoisotopic (exact) mass is 295 g/mol. The first-order chi connectivity index (χ1) is 9.74. The third-order valence-corrected chi connectivity index (χ3v) is 3.53. The average molecular weight is 295 g/mol. The van der Waals surface area contributed by atoms with Crippen LogP contribution < -0.4 is 4.84 Å². The molecule has 0 aliphatic heterocycles. The van der Waals surface area contributed by atoms with E-state index in [1.165, 1.54) is 11.3 Å². The maximum Gasteiger partial charge on any atom is 0.334 e. The molecule has 0 bridgehead atoms. The summed E-state index contributed by atoms with van der Waals surface area (Å²) in [6.07, 6.45) is 4.86. The summed E-state index contributed by atoms with van der Waals surface area (Å²) in [5, 5.41) is 16.0. The van der Waals surface area contributed by atoms with Gasteiger partial charge in [0.15, 0.2) is 0 Å². The Hall–Kier alpha value is -1.73. The lowest BCUT2D eigenvalue weighted by Gasteiger charge is -2.05. The van der Waals surface area contributed by atoms with E-state index in [1.54, 1.807) is 12.3 Å². The third kappa shape index (κ3) is 3.64. The second-order valence-corrected chi connectivity index (χ2v) is 5.20. The number of aliphatic hydroxyl groups excluding tert-OH is 1. The van der Waals surface area contributed by atoms with Crippen LogP contribution >= 0.6 is 11.3 Å². The second-order valence-electron chi connectivity index (χ2n) is 4.31. The Bertz CT molecular complexity index is 551. The normalized spacial score (nSPS) is 10.7. The minimum Gasteiger partial charge on any atom is -0.390 e. The van der Waals surface area contributed by atoms with Crippen LogP contribution in [0.3, 0.4) is 0 Å². The van der Waals surface area contributed by atoms with E-state index in [2.05, 4.69) is 17.0 Å². The molecular formula is C13H17N3O3S. The van der Waals surface area contributed by atoms with Crippen molar-refractivity contribution in [2.24, 2.45) is 0 Å². The van der Waals surface area contributed by atoms with Crippen molar-refractivity contribution in [2.75, 3.05) is 0 Å². The van der Waals surface area contributed by atoms with Crippen LogP contribution in [0.5, 0.6) is 0 Å². The molecule has 2 aromatic heterocycles. The smallest absolute Gasteiger partial charge is 0.334 e. The highest BCUT2D eigenvalue weighted by Crippen LogP contribution is 2.21. The highest BCUT2D eigenvalue weighted by molar-refractivity contribution is 7.13. The lowest BCUT2D eigenvalue weighted by atomic mass is 10.2. The molecule has 0 amide bonds. The summed E-state index contributed by atoms with van der Waals surface area (Å²) in [7, 11) is 0. The third-order valence-electron chi connectivity index (χ3n) is 2.73. The number of carbonyl (C=O) groups is 1. The number of unbranched alkanes of at least 4 members (excludes halogenated alkanes) is 2. The molecule has 7 heteroatoms. The Morgan fingerprint density at radius 2 is 2.35 bits per heavy atom. The highest BCUT2D eigenvalue weighted by Gasteiger charge is 2.14. The summed E-state index contributed by atoms with van der Waals surface area (Å²) in [5.74, 6) is -0.345. The van der Waals surface area contributed by atoms with Gasteiger partial charge in [0.2, 0.25) is 0 Å². The summed E-state index contributed by atoms with van der Waals surface area (Å²) in [6, 6.07) is 1.66. The first-order valence-corrected chi connectivity index (χ1v) is 7.43. The molecule has 2 heterocycles. The summed E-state index contributed by atoms with van der Waals surface area (Å²) in [6.45, 7) is 1.82. The topological polar surface area (TPSA) is 77.2 Å². The lowest BCUT2D eigenvalue weighted by Crippen LogP contribution is -2.22. The number of nitrogens with zero attached hydrogens (tertiary/aromatic N) is 3. The first-order valence-electron chi connectivity index (χ1n) is 6.55. The van der Waals surface area contributed by atoms with E-state index < -0.39 is 0 Å². The van der Waals surface area contributed by atoms with E-state index in [9.17, 15) is 9.90 Å². The number of hydrogen-bond donors (Lipinski definition) is 1. The van der Waals surface area contributed by atoms with Crippen molar-refractivity contribution in [3.05, 3.63) is 23.3 Å². The molecule has 2 aromatic rings. The van der Waals surface area contributed by atoms with E-state index in [0.717, 1.165) is 29.1 Å². The van der Waals surface area contributed by atoms with Crippen LogP contribution in [-0.2, 0) is 11.4 Å². The van der Waals surface area contributed by atoms with Crippen molar-refractivity contribution in [3.8, 4) is 10.7 Å². The molecule has 1 N–H and O–H groups in total. The Kier molecular flexibility index (Phi) is 5.25. The zero-order chi connectivity index (χ0) is 14.4. The quantitative estimate of drug-likeness (QED) is 0.791. The SMILES string of the molecule is CCCCCC(=O)On1nc(-c2nccs2)cc1CO. The number of thiazole rings is 1. The van der Waals surface area contributed by atoms with Crippen LogP contribution in [0.25, 0.3) is 10.7 Å². The van der Waals surface area contributed by atoms with E-state index in [4.69, 9.17) is 4.84 Å². The van der Waals surface area contributed by atoms with Gasteiger partial charge in [-0.2, -0.15) is 0 Å². The van der Waals surface area contributed by atoms with Gasteiger partial charge in [-0.3, -0.25) is 0 Å². The summed E-state index contributed by atoms with van der Waals surface area (Å²) in [5.41, 5.74) is 1.02. The molecule has 20 heavy (non-hydrogen) atoms. The fourth-order valence-electron chi connectivity index (χ4n) is 1.71. The van der Waals surface area contributed by atoms with Gasteiger partial charge in [-0.15, -0.1) is 16.4 Å². The summed E-state index contributed by atoms with van der Waals surface area (Å²) in [4.78, 5) is 22.0. The van der Waals surface area contributed by atoms with Crippen LogP contribution in [0.2, 0.25) is 0 Å². The largest absolute Gasteiger partial charge is 0.390 e. The molecule has 0 aliphatic carbocycles. The van der Waals surface area contributed by atoms with Crippen LogP contribution in [0, 0.1) is 0 Å². The maximum absolute atomic E-state index is 11.7. The number of hydrogen-bond acceptors (Lipinski definition) is 6. The van der Waals surface area contributed by atoms with Crippen LogP contribution in [-0.4, -0.2) is 26.0 Å². The van der Waals surface area contributed by atoms with Gasteiger partial charge < -0.3 is 9.94 Å². The first kappa shape index (κ1) is 14.7. The molecule has 0 aromatic carbocycles. The Balaban J connectivity index is 2.05. The molecule has 0 fully saturated rings. The van der Waals surface area contributed by atoms with Gasteiger partial charge >= 0.3 is 5.97 Å². The van der Waals surface area contributed by atoms with Crippen LogP contribution in [0.1, 0.15) is 38.3 Å². The number of rotatable bonds is 7. The Labute approximate surface area is 121 Å². The Morgan fingerprint density at radius 3 is 3.00 bits per heavy atom. The minimum absolute atomic E-state index is 0.249. The van der Waals surface area contributed by atoms with E-state index in [-0.39, 0.29) is 12.6 Å². The molecule has 0 unspecified atom stereocenters. The molecule has 0 radical (unpaired) electrons. The zero-order valence-corrected chi connectivity index (χ0v) is 12.1. The molecular weight excluding hydrogens is 278 g/mol.